The molecule has 0 atom stereocenters. The molecule has 30 heavy (non-hydrogen) atoms. The number of amides is 1. The molecule has 1 aliphatic carbocycles. The number of halogens is 1. The van der Waals surface area contributed by atoms with Gasteiger partial charge < -0.3 is 19.5 Å². The van der Waals surface area contributed by atoms with E-state index < -0.39 is 30.1 Å². The summed E-state index contributed by atoms with van der Waals surface area (Å²) in [7, 11) is 0. The predicted molar refractivity (Wildman–Crippen MR) is 109 cm³/mol. The molecule has 1 aliphatic heterocycles. The van der Waals surface area contributed by atoms with Crippen LogP contribution in [0.2, 0.25) is 0 Å². The molecule has 6 nitrogen and oxygen atoms in total. The number of rotatable bonds is 5. The van der Waals surface area contributed by atoms with Crippen LogP contribution in [0.15, 0.2) is 48.5 Å². The SMILES string of the molecule is O=C(COC(=O)C=Cc1cccc(F)c1)Nc1ccc2c(c1)OC1(CCCCC1)O2. The number of ether oxygens (including phenoxy) is 3. The van der Waals surface area contributed by atoms with Crippen LogP contribution in [0, 0.1) is 5.82 Å². The fraction of sp³-hybridized carbons (Fsp3) is 0.304. The van der Waals surface area contributed by atoms with Crippen molar-refractivity contribution in [3.8, 4) is 11.5 Å². The number of esters is 1. The Kier molecular flexibility index (Phi) is 5.70. The van der Waals surface area contributed by atoms with E-state index in [1.54, 1.807) is 24.3 Å². The minimum atomic E-state index is -0.695. The summed E-state index contributed by atoms with van der Waals surface area (Å²) in [6.07, 6.45) is 7.58. The molecule has 0 unspecified atom stereocenters. The summed E-state index contributed by atoms with van der Waals surface area (Å²) in [5.74, 6) is -0.878. The van der Waals surface area contributed by atoms with E-state index in [-0.39, 0.29) is 0 Å². The van der Waals surface area contributed by atoms with Gasteiger partial charge in [-0.25, -0.2) is 9.18 Å². The third-order valence-corrected chi connectivity index (χ3v) is 5.04. The molecule has 1 N–H and O–H groups in total. The molecular formula is C23H22FNO5. The van der Waals surface area contributed by atoms with Gasteiger partial charge in [0.2, 0.25) is 0 Å². The van der Waals surface area contributed by atoms with Gasteiger partial charge in [-0.05, 0) is 48.7 Å². The zero-order chi connectivity index (χ0) is 21.0. The van der Waals surface area contributed by atoms with Gasteiger partial charge in [-0.2, -0.15) is 0 Å². The van der Waals surface area contributed by atoms with Crippen molar-refractivity contribution < 1.29 is 28.2 Å². The Balaban J connectivity index is 1.28. The van der Waals surface area contributed by atoms with Gasteiger partial charge in [0.05, 0.1) is 0 Å². The normalized spacial score (nSPS) is 16.6. The maximum Gasteiger partial charge on any atom is 0.331 e. The van der Waals surface area contributed by atoms with Gasteiger partial charge in [0.1, 0.15) is 5.82 Å². The number of hydrogen-bond donors (Lipinski definition) is 1. The Morgan fingerprint density at radius 2 is 1.87 bits per heavy atom. The van der Waals surface area contributed by atoms with Gasteiger partial charge >= 0.3 is 5.97 Å². The summed E-state index contributed by atoms with van der Waals surface area (Å²) in [4.78, 5) is 23.9. The molecule has 0 saturated heterocycles. The molecule has 4 rings (SSSR count). The summed E-state index contributed by atoms with van der Waals surface area (Å²) >= 11 is 0. The smallest absolute Gasteiger partial charge is 0.331 e. The summed E-state index contributed by atoms with van der Waals surface area (Å²) in [6.45, 7) is -0.440. The minimum Gasteiger partial charge on any atom is -0.452 e. The zero-order valence-electron chi connectivity index (χ0n) is 16.4. The molecule has 1 amide bonds. The van der Waals surface area contributed by atoms with Crippen molar-refractivity contribution in [2.45, 2.75) is 37.9 Å². The van der Waals surface area contributed by atoms with Crippen LogP contribution in [0.5, 0.6) is 11.5 Å². The topological polar surface area (TPSA) is 73.9 Å². The number of carbonyl (C=O) groups is 2. The third kappa shape index (κ3) is 4.79. The quantitative estimate of drug-likeness (QED) is 0.581. The molecule has 0 radical (unpaired) electrons. The predicted octanol–water partition coefficient (Wildman–Crippen LogP) is 4.45. The summed E-state index contributed by atoms with van der Waals surface area (Å²) in [5, 5.41) is 2.67. The van der Waals surface area contributed by atoms with Crippen LogP contribution in [0.3, 0.4) is 0 Å². The molecular weight excluding hydrogens is 389 g/mol. The van der Waals surface area contributed by atoms with Crippen LogP contribution in [0.25, 0.3) is 6.08 Å². The highest BCUT2D eigenvalue weighted by Gasteiger charge is 2.42. The van der Waals surface area contributed by atoms with E-state index in [2.05, 4.69) is 5.32 Å². The van der Waals surface area contributed by atoms with Crippen molar-refractivity contribution in [1.82, 2.24) is 0 Å². The van der Waals surface area contributed by atoms with E-state index in [1.165, 1.54) is 30.7 Å². The van der Waals surface area contributed by atoms with Crippen LogP contribution in [0.4, 0.5) is 10.1 Å². The molecule has 156 valence electrons. The van der Waals surface area contributed by atoms with Crippen LogP contribution >= 0.6 is 0 Å². The lowest BCUT2D eigenvalue weighted by Gasteiger charge is -2.31. The number of fused-ring (bicyclic) bond motifs is 1. The first-order chi connectivity index (χ1) is 14.5. The van der Waals surface area contributed by atoms with E-state index in [4.69, 9.17) is 14.2 Å². The lowest BCUT2D eigenvalue weighted by Crippen LogP contribution is -2.40. The number of carbonyl (C=O) groups excluding carboxylic acids is 2. The van der Waals surface area contributed by atoms with Gasteiger partial charge in [0, 0.05) is 30.7 Å². The highest BCUT2D eigenvalue weighted by Crippen LogP contribution is 2.46. The van der Waals surface area contributed by atoms with Gasteiger partial charge in [-0.1, -0.05) is 18.6 Å². The molecule has 1 heterocycles. The molecule has 2 aromatic rings. The van der Waals surface area contributed by atoms with Gasteiger partial charge in [-0.15, -0.1) is 0 Å². The second-order valence-corrected chi connectivity index (χ2v) is 7.38. The molecule has 1 saturated carbocycles. The highest BCUT2D eigenvalue weighted by atomic mass is 19.1. The number of anilines is 1. The average molecular weight is 411 g/mol. The molecule has 2 aromatic carbocycles. The van der Waals surface area contributed by atoms with E-state index in [1.807, 2.05) is 0 Å². The highest BCUT2D eigenvalue weighted by molar-refractivity contribution is 5.94. The molecule has 7 heteroatoms. The Hall–Kier alpha value is -3.35. The average Bonchev–Trinajstić information content (AvgIpc) is 3.07. The minimum absolute atomic E-state index is 0.400. The van der Waals surface area contributed by atoms with Crippen LogP contribution in [-0.4, -0.2) is 24.3 Å². The fourth-order valence-corrected chi connectivity index (χ4v) is 3.62. The Labute approximate surface area is 173 Å². The summed E-state index contributed by atoms with van der Waals surface area (Å²) in [5.41, 5.74) is 1.05. The summed E-state index contributed by atoms with van der Waals surface area (Å²) < 4.78 is 30.1. The van der Waals surface area contributed by atoms with Crippen molar-refractivity contribution in [2.24, 2.45) is 0 Å². The first-order valence-electron chi connectivity index (χ1n) is 9.94. The van der Waals surface area contributed by atoms with Gasteiger partial charge in [-0.3, -0.25) is 4.79 Å². The lowest BCUT2D eigenvalue weighted by molar-refractivity contribution is -0.142. The monoisotopic (exact) mass is 411 g/mol. The van der Waals surface area contributed by atoms with Crippen molar-refractivity contribution in [3.05, 3.63) is 59.9 Å². The van der Waals surface area contributed by atoms with Crippen molar-refractivity contribution >= 4 is 23.6 Å². The zero-order valence-corrected chi connectivity index (χ0v) is 16.4. The number of benzene rings is 2. The lowest BCUT2D eigenvalue weighted by atomic mass is 9.94. The first kappa shape index (κ1) is 19.9. The molecule has 2 aliphatic rings. The Morgan fingerprint density at radius 3 is 2.67 bits per heavy atom. The Morgan fingerprint density at radius 1 is 1.07 bits per heavy atom. The summed E-state index contributed by atoms with van der Waals surface area (Å²) in [6, 6.07) is 11.0. The number of nitrogens with one attached hydrogen (secondary N) is 1. The second-order valence-electron chi connectivity index (χ2n) is 7.38. The van der Waals surface area contributed by atoms with Crippen LogP contribution in [-0.2, 0) is 14.3 Å². The second kappa shape index (κ2) is 8.57. The largest absolute Gasteiger partial charge is 0.452 e. The fourth-order valence-electron chi connectivity index (χ4n) is 3.62. The van der Waals surface area contributed by atoms with E-state index in [9.17, 15) is 14.0 Å². The number of hydrogen-bond acceptors (Lipinski definition) is 5. The molecule has 1 spiro atoms. The van der Waals surface area contributed by atoms with E-state index in [0.29, 0.717) is 22.7 Å². The van der Waals surface area contributed by atoms with E-state index >= 15 is 0 Å². The Bertz CT molecular complexity index is 981. The molecule has 1 fully saturated rings. The van der Waals surface area contributed by atoms with Crippen molar-refractivity contribution in [1.29, 1.82) is 0 Å². The maximum atomic E-state index is 13.1. The first-order valence-corrected chi connectivity index (χ1v) is 9.94. The van der Waals surface area contributed by atoms with Gasteiger partial charge in [0.15, 0.2) is 18.1 Å². The van der Waals surface area contributed by atoms with E-state index in [0.717, 1.165) is 31.8 Å². The van der Waals surface area contributed by atoms with Crippen LogP contribution in [0.1, 0.15) is 37.7 Å². The molecule has 0 bridgehead atoms. The van der Waals surface area contributed by atoms with Crippen molar-refractivity contribution in [2.75, 3.05) is 11.9 Å². The third-order valence-electron chi connectivity index (χ3n) is 5.04. The van der Waals surface area contributed by atoms with Crippen LogP contribution < -0.4 is 14.8 Å². The van der Waals surface area contributed by atoms with Gasteiger partial charge in [0.25, 0.3) is 11.7 Å². The standard InChI is InChI=1S/C23H22FNO5/c24-17-6-4-5-16(13-17)7-10-22(27)28-15-21(26)25-18-8-9-19-20(14-18)30-23(29-19)11-2-1-3-12-23/h4-10,13-14H,1-3,11-12,15H2,(H,25,26). The van der Waals surface area contributed by atoms with Crippen molar-refractivity contribution in [3.63, 3.8) is 0 Å². The maximum absolute atomic E-state index is 13.1. The molecule has 0 aromatic heterocycles.